The summed E-state index contributed by atoms with van der Waals surface area (Å²) in [6.07, 6.45) is -0.0822. The maximum atomic E-state index is 13.2. The number of fused-ring (bicyclic) bond motifs is 3. The van der Waals surface area contributed by atoms with Crippen LogP contribution in [0.2, 0.25) is 0 Å². The molecule has 0 spiro atoms. The first-order chi connectivity index (χ1) is 20.7. The molecule has 3 aliphatic rings. The van der Waals surface area contributed by atoms with Crippen molar-refractivity contribution < 1.29 is 27.8 Å². The van der Waals surface area contributed by atoms with Crippen molar-refractivity contribution in [1.82, 2.24) is 15.5 Å². The van der Waals surface area contributed by atoms with E-state index in [-0.39, 0.29) is 37.9 Å². The van der Waals surface area contributed by atoms with Gasteiger partial charge in [0.1, 0.15) is 29.9 Å². The number of carbonyl (C=O) groups excluding carboxylic acids is 2. The van der Waals surface area contributed by atoms with E-state index in [2.05, 4.69) is 33.4 Å². The SMILES string of the molecule is CC1NCCc2cc(CNC(=O)[C@@H]3C[C@@H](OC(F)F)CN3C(=O)CN=C(N)c3ccc4c(c3)Oc3ccccc3S4)sc21. The Balaban J connectivity index is 1.11. The van der Waals surface area contributed by atoms with Crippen molar-refractivity contribution in [1.29, 1.82) is 0 Å². The largest absolute Gasteiger partial charge is 0.455 e. The molecule has 1 unspecified atom stereocenters. The zero-order chi connectivity index (χ0) is 30.1. The lowest BCUT2D eigenvalue weighted by Gasteiger charge is -2.23. The van der Waals surface area contributed by atoms with Gasteiger partial charge < -0.3 is 30.7 Å². The van der Waals surface area contributed by atoms with Gasteiger partial charge in [-0.15, -0.1) is 11.3 Å². The number of alkyl halides is 2. The van der Waals surface area contributed by atoms with Gasteiger partial charge >= 0.3 is 6.61 Å². The maximum Gasteiger partial charge on any atom is 0.345 e. The number of thiophene rings is 1. The molecule has 6 rings (SSSR count). The van der Waals surface area contributed by atoms with Gasteiger partial charge in [-0.25, -0.2) is 0 Å². The lowest BCUT2D eigenvalue weighted by Crippen LogP contribution is -2.46. The second kappa shape index (κ2) is 12.6. The fourth-order valence-electron chi connectivity index (χ4n) is 5.55. The van der Waals surface area contributed by atoms with Crippen LogP contribution in [-0.2, 0) is 27.3 Å². The monoisotopic (exact) mass is 627 g/mol. The molecule has 1 aromatic heterocycles. The van der Waals surface area contributed by atoms with E-state index in [0.29, 0.717) is 11.3 Å². The molecule has 3 aromatic rings. The van der Waals surface area contributed by atoms with E-state index in [1.165, 1.54) is 15.3 Å². The van der Waals surface area contributed by atoms with Gasteiger partial charge in [0.15, 0.2) is 0 Å². The van der Waals surface area contributed by atoms with Gasteiger partial charge in [-0.2, -0.15) is 8.78 Å². The zero-order valence-corrected chi connectivity index (χ0v) is 25.0. The number of carbonyl (C=O) groups is 2. The van der Waals surface area contributed by atoms with E-state index >= 15 is 0 Å². The molecule has 1 fully saturated rings. The Morgan fingerprint density at radius 1 is 1.21 bits per heavy atom. The summed E-state index contributed by atoms with van der Waals surface area (Å²) in [7, 11) is 0. The van der Waals surface area contributed by atoms with Crippen LogP contribution in [-0.4, -0.2) is 60.9 Å². The summed E-state index contributed by atoms with van der Waals surface area (Å²) in [6, 6.07) is 14.5. The first-order valence-corrected chi connectivity index (χ1v) is 15.6. The van der Waals surface area contributed by atoms with Crippen molar-refractivity contribution in [3.8, 4) is 11.5 Å². The van der Waals surface area contributed by atoms with E-state index < -0.39 is 30.6 Å². The minimum atomic E-state index is -3.01. The standard InChI is InChI=1S/C30H31F2N5O4S2/c1-16-27-17(8-9-34-16)10-20(42-27)13-36-29(39)21-12-19(40-30(31)32)15-37(21)26(38)14-35-28(33)18-6-7-25-23(11-18)41-22-4-2-3-5-24(22)43-25/h2-7,10-11,16,19,21,30,34H,8-9,12-15H2,1H3,(H2,33,35)(H,36,39)/t16?,19-,21+/m1/s1. The van der Waals surface area contributed by atoms with Crippen LogP contribution in [0.3, 0.4) is 0 Å². The highest BCUT2D eigenvalue weighted by Crippen LogP contribution is 2.47. The third-order valence-corrected chi connectivity index (χ3v) is 10.1. The van der Waals surface area contributed by atoms with Gasteiger partial charge in [0.05, 0.1) is 22.4 Å². The number of amides is 2. The second-order valence-corrected chi connectivity index (χ2v) is 12.8. The molecular weight excluding hydrogens is 596 g/mol. The first kappa shape index (κ1) is 29.5. The number of para-hydroxylation sites is 1. The van der Waals surface area contributed by atoms with Crippen LogP contribution in [0.5, 0.6) is 11.5 Å². The predicted molar refractivity (Wildman–Crippen MR) is 160 cm³/mol. The topological polar surface area (TPSA) is 118 Å². The second-order valence-electron chi connectivity index (χ2n) is 10.6. The molecule has 0 aliphatic carbocycles. The summed E-state index contributed by atoms with van der Waals surface area (Å²) < 4.78 is 36.7. The Morgan fingerprint density at radius 2 is 2.02 bits per heavy atom. The summed E-state index contributed by atoms with van der Waals surface area (Å²) in [6.45, 7) is -0.208. The highest BCUT2D eigenvalue weighted by molar-refractivity contribution is 7.99. The number of nitrogens with two attached hydrogens (primary N) is 1. The number of nitrogens with zero attached hydrogens (tertiary/aromatic N) is 2. The molecule has 0 saturated carbocycles. The van der Waals surface area contributed by atoms with Gasteiger partial charge in [-0.3, -0.25) is 14.6 Å². The Bertz CT molecular complexity index is 1560. The van der Waals surface area contributed by atoms with E-state index in [4.69, 9.17) is 10.5 Å². The number of ether oxygens (including phenoxy) is 2. The van der Waals surface area contributed by atoms with E-state index in [1.807, 2.05) is 30.3 Å². The van der Waals surface area contributed by atoms with E-state index in [9.17, 15) is 18.4 Å². The molecule has 4 heterocycles. The molecule has 2 aromatic carbocycles. The zero-order valence-electron chi connectivity index (χ0n) is 23.3. The normalized spacial score (nSPS) is 21.2. The van der Waals surface area contributed by atoms with Crippen molar-refractivity contribution in [2.24, 2.45) is 10.7 Å². The average Bonchev–Trinajstić information content (AvgIpc) is 3.62. The van der Waals surface area contributed by atoms with Crippen LogP contribution in [0.1, 0.15) is 40.3 Å². The molecule has 0 radical (unpaired) electrons. The van der Waals surface area contributed by atoms with Gasteiger partial charge in [-0.1, -0.05) is 23.9 Å². The summed E-state index contributed by atoms with van der Waals surface area (Å²) in [4.78, 5) is 36.2. The minimum Gasteiger partial charge on any atom is -0.455 e. The summed E-state index contributed by atoms with van der Waals surface area (Å²) in [5.74, 6) is 0.564. The van der Waals surface area contributed by atoms with Crippen LogP contribution in [0.4, 0.5) is 8.78 Å². The van der Waals surface area contributed by atoms with Crippen LogP contribution >= 0.6 is 23.1 Å². The van der Waals surface area contributed by atoms with E-state index in [0.717, 1.165) is 33.4 Å². The number of halogens is 2. The Hall–Kier alpha value is -3.52. The van der Waals surface area contributed by atoms with Crippen molar-refractivity contribution in [2.45, 2.75) is 60.9 Å². The van der Waals surface area contributed by atoms with Gasteiger partial charge in [0, 0.05) is 34.3 Å². The number of aliphatic imine (C=N–C) groups is 1. The molecule has 9 nitrogen and oxygen atoms in total. The molecule has 0 bridgehead atoms. The van der Waals surface area contributed by atoms with Crippen LogP contribution < -0.4 is 21.1 Å². The minimum absolute atomic E-state index is 0.0374. The molecule has 226 valence electrons. The van der Waals surface area contributed by atoms with Crippen molar-refractivity contribution in [3.05, 3.63) is 69.4 Å². The lowest BCUT2D eigenvalue weighted by molar-refractivity contribution is -0.160. The number of nitrogens with one attached hydrogen (secondary N) is 2. The highest BCUT2D eigenvalue weighted by atomic mass is 32.2. The molecule has 2 amide bonds. The maximum absolute atomic E-state index is 13.2. The van der Waals surface area contributed by atoms with Gasteiger partial charge in [0.2, 0.25) is 11.8 Å². The summed E-state index contributed by atoms with van der Waals surface area (Å²) in [5, 5.41) is 6.31. The van der Waals surface area contributed by atoms with Gasteiger partial charge in [0.25, 0.3) is 0 Å². The number of rotatable bonds is 8. The summed E-state index contributed by atoms with van der Waals surface area (Å²) >= 11 is 3.22. The average molecular weight is 628 g/mol. The van der Waals surface area contributed by atoms with Crippen molar-refractivity contribution >= 4 is 40.7 Å². The molecule has 3 aliphatic heterocycles. The number of hydrogen-bond acceptors (Lipinski definition) is 8. The number of hydrogen-bond donors (Lipinski definition) is 3. The Labute approximate surface area is 255 Å². The highest BCUT2D eigenvalue weighted by Gasteiger charge is 2.41. The third-order valence-electron chi connectivity index (χ3n) is 7.66. The molecule has 4 N–H and O–H groups in total. The van der Waals surface area contributed by atoms with E-state index in [1.54, 1.807) is 35.2 Å². The van der Waals surface area contributed by atoms with Gasteiger partial charge in [-0.05, 0) is 61.9 Å². The molecule has 3 atom stereocenters. The number of likely N-dealkylation sites (tertiary alicyclic amines) is 1. The van der Waals surface area contributed by atoms with Crippen LogP contribution in [0, 0.1) is 0 Å². The fourth-order valence-corrected chi connectivity index (χ4v) is 7.66. The van der Waals surface area contributed by atoms with Crippen LogP contribution in [0.15, 0.2) is 63.3 Å². The molecule has 13 heteroatoms. The Morgan fingerprint density at radius 3 is 2.84 bits per heavy atom. The third kappa shape index (κ3) is 6.54. The predicted octanol–water partition coefficient (Wildman–Crippen LogP) is 4.44. The molecule has 1 saturated heterocycles. The molecule has 43 heavy (non-hydrogen) atoms. The number of amidine groups is 1. The fraction of sp³-hybridized carbons (Fsp3) is 0.367. The molecular formula is C30H31F2N5O4S2. The van der Waals surface area contributed by atoms with Crippen molar-refractivity contribution in [2.75, 3.05) is 19.6 Å². The summed E-state index contributed by atoms with van der Waals surface area (Å²) in [5.41, 5.74) is 8.08. The smallest absolute Gasteiger partial charge is 0.345 e. The first-order valence-electron chi connectivity index (χ1n) is 14.0. The lowest BCUT2D eigenvalue weighted by atomic mass is 10.1. The van der Waals surface area contributed by atoms with Crippen LogP contribution in [0.25, 0.3) is 0 Å². The quantitative estimate of drug-likeness (QED) is 0.195. The number of benzene rings is 2. The Kier molecular flexibility index (Phi) is 8.66. The van der Waals surface area contributed by atoms with Crippen molar-refractivity contribution in [3.63, 3.8) is 0 Å².